The van der Waals surface area contributed by atoms with Crippen LogP contribution in [-0.2, 0) is 16.0 Å². The quantitative estimate of drug-likeness (QED) is 0.767. The molecule has 2 aromatic rings. The fourth-order valence-corrected chi connectivity index (χ4v) is 2.85. The molecule has 0 saturated carbocycles. The van der Waals surface area contributed by atoms with Crippen LogP contribution < -0.4 is 5.32 Å². The Balaban J connectivity index is 2.08. The van der Waals surface area contributed by atoms with Gasteiger partial charge in [0.2, 0.25) is 0 Å². The molecule has 0 saturated heterocycles. The Hall–Kier alpha value is -2.15. The number of nitrogens with one attached hydrogen (secondary N) is 2. The number of hydrogen-bond acceptors (Lipinski definition) is 5. The zero-order chi connectivity index (χ0) is 15.9. The Morgan fingerprint density at radius 3 is 2.95 bits per heavy atom. The summed E-state index contributed by atoms with van der Waals surface area (Å²) < 4.78 is 4.69. The predicted octanol–water partition coefficient (Wildman–Crippen LogP) is 2.46. The molecule has 2 rings (SSSR count). The molecular formula is C15H19N3O3S. The fraction of sp³-hybridized carbons (Fsp3) is 0.400. The summed E-state index contributed by atoms with van der Waals surface area (Å²) in [4.78, 5) is 24.7. The molecule has 0 aromatic carbocycles. The van der Waals surface area contributed by atoms with E-state index >= 15 is 0 Å². The summed E-state index contributed by atoms with van der Waals surface area (Å²) in [6.45, 7) is 2.06. The van der Waals surface area contributed by atoms with Crippen LogP contribution in [-0.4, -0.2) is 29.2 Å². The van der Waals surface area contributed by atoms with Crippen molar-refractivity contribution in [1.82, 2.24) is 15.5 Å². The summed E-state index contributed by atoms with van der Waals surface area (Å²) in [5, 5.41) is 11.6. The maximum absolute atomic E-state index is 12.3. The van der Waals surface area contributed by atoms with Crippen molar-refractivity contribution in [2.45, 2.75) is 32.2 Å². The number of hydrogen-bond donors (Lipinski definition) is 2. The van der Waals surface area contributed by atoms with Gasteiger partial charge >= 0.3 is 5.97 Å². The summed E-state index contributed by atoms with van der Waals surface area (Å²) >= 11 is 1.48. The van der Waals surface area contributed by atoms with Crippen molar-refractivity contribution in [2.75, 3.05) is 7.11 Å². The van der Waals surface area contributed by atoms with Crippen molar-refractivity contribution in [3.63, 3.8) is 0 Å². The van der Waals surface area contributed by atoms with E-state index in [0.29, 0.717) is 5.69 Å². The Bertz CT molecular complexity index is 622. The molecule has 0 fully saturated rings. The number of carbonyl (C=O) groups is 2. The Morgan fingerprint density at radius 1 is 1.50 bits per heavy atom. The van der Waals surface area contributed by atoms with Gasteiger partial charge in [-0.2, -0.15) is 5.10 Å². The number of amides is 1. The van der Waals surface area contributed by atoms with Crippen LogP contribution in [0.15, 0.2) is 23.6 Å². The van der Waals surface area contributed by atoms with Crippen molar-refractivity contribution in [2.24, 2.45) is 0 Å². The molecule has 118 valence electrons. The lowest BCUT2D eigenvalue weighted by Gasteiger charge is -2.15. The second-order valence-electron chi connectivity index (χ2n) is 4.85. The summed E-state index contributed by atoms with van der Waals surface area (Å²) in [7, 11) is 1.33. The molecule has 22 heavy (non-hydrogen) atoms. The second kappa shape index (κ2) is 7.74. The maximum Gasteiger partial charge on any atom is 0.307 e. The zero-order valence-electron chi connectivity index (χ0n) is 12.6. The number of carbonyl (C=O) groups excluding carboxylic acids is 2. The van der Waals surface area contributed by atoms with Crippen molar-refractivity contribution < 1.29 is 14.3 Å². The molecule has 1 atom stereocenters. The van der Waals surface area contributed by atoms with Crippen LogP contribution in [0.2, 0.25) is 0 Å². The third-order valence-electron chi connectivity index (χ3n) is 3.17. The molecule has 2 aromatic heterocycles. The normalized spacial score (nSPS) is 11.9. The number of H-pyrrole nitrogens is 1. The van der Waals surface area contributed by atoms with Gasteiger partial charge in [-0.05, 0) is 23.9 Å². The number of ether oxygens (including phenoxy) is 1. The average molecular weight is 321 g/mol. The van der Waals surface area contributed by atoms with Gasteiger partial charge in [-0.25, -0.2) is 0 Å². The predicted molar refractivity (Wildman–Crippen MR) is 83.7 cm³/mol. The van der Waals surface area contributed by atoms with Gasteiger partial charge in [0.25, 0.3) is 5.91 Å². The highest BCUT2D eigenvalue weighted by molar-refractivity contribution is 7.10. The molecule has 1 unspecified atom stereocenters. The second-order valence-corrected chi connectivity index (χ2v) is 5.83. The van der Waals surface area contributed by atoms with Gasteiger partial charge < -0.3 is 10.1 Å². The van der Waals surface area contributed by atoms with Crippen molar-refractivity contribution in [3.05, 3.63) is 39.8 Å². The van der Waals surface area contributed by atoms with Crippen LogP contribution in [0.25, 0.3) is 0 Å². The van der Waals surface area contributed by atoms with Gasteiger partial charge in [-0.15, -0.1) is 11.3 Å². The lowest BCUT2D eigenvalue weighted by atomic mass is 10.1. The Kier molecular flexibility index (Phi) is 5.71. The molecule has 2 N–H and O–H groups in total. The van der Waals surface area contributed by atoms with Crippen LogP contribution in [0.1, 0.15) is 46.9 Å². The first kappa shape index (κ1) is 16.2. The number of aromatic nitrogens is 2. The smallest absolute Gasteiger partial charge is 0.307 e. The van der Waals surface area contributed by atoms with Gasteiger partial charge in [-0.3, -0.25) is 14.7 Å². The third-order valence-corrected chi connectivity index (χ3v) is 4.16. The van der Waals surface area contributed by atoms with E-state index in [1.54, 1.807) is 6.07 Å². The largest absolute Gasteiger partial charge is 0.469 e. The topological polar surface area (TPSA) is 84.1 Å². The van der Waals surface area contributed by atoms with Crippen LogP contribution in [0.3, 0.4) is 0 Å². The van der Waals surface area contributed by atoms with Crippen molar-refractivity contribution in [3.8, 4) is 0 Å². The summed E-state index contributed by atoms with van der Waals surface area (Å²) in [6.07, 6.45) is 1.91. The van der Waals surface area contributed by atoms with Gasteiger partial charge in [0.1, 0.15) is 5.69 Å². The number of aryl methyl sites for hydroxylation is 1. The molecule has 6 nitrogen and oxygen atoms in total. The fourth-order valence-electron chi connectivity index (χ4n) is 2.07. The number of nitrogens with zero attached hydrogens (tertiary/aromatic N) is 1. The van der Waals surface area contributed by atoms with Crippen LogP contribution in [0, 0.1) is 0 Å². The molecule has 0 aliphatic carbocycles. The van der Waals surface area contributed by atoms with Crippen LogP contribution in [0.5, 0.6) is 0 Å². The first-order valence-electron chi connectivity index (χ1n) is 7.09. The monoisotopic (exact) mass is 321 g/mol. The van der Waals surface area contributed by atoms with E-state index in [2.05, 4.69) is 22.4 Å². The number of thiophene rings is 1. The van der Waals surface area contributed by atoms with Gasteiger partial charge in [0, 0.05) is 10.6 Å². The van der Waals surface area contributed by atoms with E-state index in [-0.39, 0.29) is 18.3 Å². The molecule has 2 heterocycles. The van der Waals surface area contributed by atoms with Gasteiger partial charge in [0.05, 0.1) is 19.6 Å². The highest BCUT2D eigenvalue weighted by atomic mass is 32.1. The molecular weight excluding hydrogens is 302 g/mol. The molecule has 0 aliphatic rings. The number of aromatic amines is 1. The van der Waals surface area contributed by atoms with E-state index in [1.807, 2.05) is 17.5 Å². The average Bonchev–Trinajstić information content (AvgIpc) is 3.18. The molecule has 7 heteroatoms. The first-order chi connectivity index (χ1) is 10.6. The molecule has 0 bridgehead atoms. The van der Waals surface area contributed by atoms with Crippen molar-refractivity contribution >= 4 is 23.2 Å². The molecule has 1 amide bonds. The number of esters is 1. The molecule has 0 spiro atoms. The summed E-state index contributed by atoms with van der Waals surface area (Å²) in [6, 6.07) is 5.09. The highest BCUT2D eigenvalue weighted by Gasteiger charge is 2.21. The van der Waals surface area contributed by atoms with E-state index < -0.39 is 6.04 Å². The number of rotatable bonds is 7. The van der Waals surface area contributed by atoms with Crippen LogP contribution >= 0.6 is 11.3 Å². The summed E-state index contributed by atoms with van der Waals surface area (Å²) in [5.41, 5.74) is 1.25. The first-order valence-corrected chi connectivity index (χ1v) is 7.97. The lowest BCUT2D eigenvalue weighted by Crippen LogP contribution is -2.30. The minimum atomic E-state index is -0.411. The maximum atomic E-state index is 12.3. The van der Waals surface area contributed by atoms with Crippen molar-refractivity contribution in [1.29, 1.82) is 0 Å². The molecule has 0 radical (unpaired) electrons. The zero-order valence-corrected chi connectivity index (χ0v) is 13.4. The van der Waals surface area contributed by atoms with E-state index in [4.69, 9.17) is 4.74 Å². The van der Waals surface area contributed by atoms with Crippen LogP contribution in [0.4, 0.5) is 0 Å². The lowest BCUT2D eigenvalue weighted by molar-refractivity contribution is -0.141. The highest BCUT2D eigenvalue weighted by Crippen LogP contribution is 2.23. The van der Waals surface area contributed by atoms with Gasteiger partial charge in [-0.1, -0.05) is 19.4 Å². The minimum absolute atomic E-state index is 0.0923. The standard InChI is InChI=1S/C15H19N3O3S/c1-3-5-10-8-12(18-17-10)15(20)16-11(9-14(19)21-2)13-6-4-7-22-13/h4,6-8,11H,3,5,9H2,1-2H3,(H,16,20)(H,17,18). The van der Waals surface area contributed by atoms with E-state index in [1.165, 1.54) is 18.4 Å². The third kappa shape index (κ3) is 4.17. The minimum Gasteiger partial charge on any atom is -0.469 e. The van der Waals surface area contributed by atoms with Gasteiger partial charge in [0.15, 0.2) is 0 Å². The Morgan fingerprint density at radius 2 is 2.32 bits per heavy atom. The Labute approximate surface area is 132 Å². The molecule has 0 aliphatic heterocycles. The van der Waals surface area contributed by atoms with E-state index in [0.717, 1.165) is 23.4 Å². The summed E-state index contributed by atoms with van der Waals surface area (Å²) in [5.74, 6) is -0.673. The SMILES string of the molecule is CCCc1cc(C(=O)NC(CC(=O)OC)c2cccs2)n[nH]1. The van der Waals surface area contributed by atoms with E-state index in [9.17, 15) is 9.59 Å². The number of methoxy groups -OCH3 is 1.